The minimum Gasteiger partial charge on any atom is -0.352 e. The van der Waals surface area contributed by atoms with Gasteiger partial charge >= 0.3 is 0 Å². The van der Waals surface area contributed by atoms with Crippen LogP contribution in [-0.4, -0.2) is 33.7 Å². The topological polar surface area (TPSA) is 54.2 Å². The number of fused-ring (bicyclic) bond motifs is 1. The third kappa shape index (κ3) is 2.39. The first-order valence-electron chi connectivity index (χ1n) is 6.12. The monoisotopic (exact) mass is 231 g/mol. The molecule has 17 heavy (non-hydrogen) atoms. The maximum Gasteiger partial charge on any atom is 0.243 e. The third-order valence-electron chi connectivity index (χ3n) is 2.97. The molecule has 5 heteroatoms. The maximum absolute atomic E-state index is 4.42. The molecule has 0 radical (unpaired) electrons. The lowest BCUT2D eigenvalue weighted by Crippen LogP contribution is -2.24. The Hall–Kier alpha value is -1.62. The van der Waals surface area contributed by atoms with Gasteiger partial charge in [0.1, 0.15) is 0 Å². The van der Waals surface area contributed by atoms with Crippen LogP contribution in [0.5, 0.6) is 0 Å². The molecule has 0 saturated heterocycles. The molecule has 1 saturated carbocycles. The highest BCUT2D eigenvalue weighted by atomic mass is 15.4. The molecule has 2 aromatic rings. The van der Waals surface area contributed by atoms with Gasteiger partial charge in [-0.05, 0) is 31.9 Å². The summed E-state index contributed by atoms with van der Waals surface area (Å²) < 4.78 is 1.86. The molecule has 1 aliphatic carbocycles. The summed E-state index contributed by atoms with van der Waals surface area (Å²) in [6, 6.07) is 6.75. The van der Waals surface area contributed by atoms with Crippen molar-refractivity contribution >= 4 is 11.6 Å². The van der Waals surface area contributed by atoms with E-state index >= 15 is 0 Å². The number of pyridine rings is 1. The quantitative estimate of drug-likeness (QED) is 0.759. The van der Waals surface area contributed by atoms with E-state index in [9.17, 15) is 0 Å². The molecule has 0 atom stereocenters. The van der Waals surface area contributed by atoms with Gasteiger partial charge in [0, 0.05) is 24.8 Å². The fourth-order valence-electron chi connectivity index (χ4n) is 1.85. The van der Waals surface area contributed by atoms with Crippen molar-refractivity contribution in [2.75, 3.05) is 18.4 Å². The predicted octanol–water partition coefficient (Wildman–Crippen LogP) is 1.20. The van der Waals surface area contributed by atoms with E-state index < -0.39 is 0 Å². The van der Waals surface area contributed by atoms with Gasteiger partial charge in [0.15, 0.2) is 5.65 Å². The van der Waals surface area contributed by atoms with Crippen LogP contribution in [0.4, 0.5) is 5.95 Å². The van der Waals surface area contributed by atoms with E-state index in [1.54, 1.807) is 0 Å². The zero-order valence-electron chi connectivity index (χ0n) is 9.98. The second kappa shape index (κ2) is 4.33. The molecule has 2 N–H and O–H groups in total. The number of hydrogen-bond donors (Lipinski definition) is 2. The van der Waals surface area contributed by atoms with Crippen molar-refractivity contribution in [2.45, 2.75) is 25.8 Å². The molecule has 0 bridgehead atoms. The van der Waals surface area contributed by atoms with Crippen LogP contribution in [0, 0.1) is 6.92 Å². The number of hydrogen-bond acceptors (Lipinski definition) is 4. The van der Waals surface area contributed by atoms with Gasteiger partial charge in [-0.25, -0.2) is 4.52 Å². The molecule has 90 valence electrons. The highest BCUT2D eigenvalue weighted by Crippen LogP contribution is 2.17. The number of nitrogens with zero attached hydrogens (tertiary/aromatic N) is 3. The first kappa shape index (κ1) is 10.5. The van der Waals surface area contributed by atoms with Gasteiger partial charge < -0.3 is 10.6 Å². The largest absolute Gasteiger partial charge is 0.352 e. The Morgan fingerprint density at radius 3 is 3.00 bits per heavy atom. The fraction of sp³-hybridized carbons (Fsp3) is 0.500. The second-order valence-corrected chi connectivity index (χ2v) is 4.53. The lowest BCUT2D eigenvalue weighted by atomic mass is 10.4. The Kier molecular flexibility index (Phi) is 2.68. The number of nitrogens with one attached hydrogen (secondary N) is 2. The fourth-order valence-corrected chi connectivity index (χ4v) is 1.85. The maximum atomic E-state index is 4.42. The number of anilines is 1. The van der Waals surface area contributed by atoms with E-state index in [1.807, 2.05) is 29.6 Å². The van der Waals surface area contributed by atoms with Gasteiger partial charge in [0.2, 0.25) is 5.95 Å². The molecule has 0 aromatic carbocycles. The van der Waals surface area contributed by atoms with Crippen LogP contribution in [0.2, 0.25) is 0 Å². The van der Waals surface area contributed by atoms with Gasteiger partial charge in [-0.3, -0.25) is 0 Å². The van der Waals surface area contributed by atoms with Crippen molar-refractivity contribution < 1.29 is 0 Å². The minimum absolute atomic E-state index is 0.705. The van der Waals surface area contributed by atoms with Crippen molar-refractivity contribution in [3.05, 3.63) is 23.9 Å². The summed E-state index contributed by atoms with van der Waals surface area (Å²) in [6.45, 7) is 3.87. The standard InChI is InChI=1S/C12H17N5/c1-9-3-2-4-11-15-12(16-17(9)11)14-8-7-13-10-5-6-10/h2-4,10,13H,5-8H2,1H3,(H,14,16). The number of rotatable bonds is 5. The molecule has 1 fully saturated rings. The van der Waals surface area contributed by atoms with Crippen LogP contribution in [-0.2, 0) is 0 Å². The molecular weight excluding hydrogens is 214 g/mol. The van der Waals surface area contributed by atoms with Crippen molar-refractivity contribution in [1.82, 2.24) is 19.9 Å². The summed E-state index contributed by atoms with van der Waals surface area (Å²) in [5.41, 5.74) is 1.99. The van der Waals surface area contributed by atoms with Crippen LogP contribution in [0.1, 0.15) is 18.5 Å². The van der Waals surface area contributed by atoms with Gasteiger partial charge in [0.05, 0.1) is 0 Å². The van der Waals surface area contributed by atoms with Gasteiger partial charge in [-0.15, -0.1) is 5.10 Å². The smallest absolute Gasteiger partial charge is 0.243 e. The third-order valence-corrected chi connectivity index (χ3v) is 2.97. The van der Waals surface area contributed by atoms with Crippen molar-refractivity contribution in [1.29, 1.82) is 0 Å². The summed E-state index contributed by atoms with van der Waals surface area (Å²) in [4.78, 5) is 4.42. The van der Waals surface area contributed by atoms with Crippen LogP contribution in [0.3, 0.4) is 0 Å². The lowest BCUT2D eigenvalue weighted by Gasteiger charge is -2.02. The first-order chi connectivity index (χ1) is 8.33. The van der Waals surface area contributed by atoms with Crippen molar-refractivity contribution in [3.63, 3.8) is 0 Å². The average molecular weight is 231 g/mol. The highest BCUT2D eigenvalue weighted by molar-refractivity contribution is 5.44. The Morgan fingerprint density at radius 2 is 2.24 bits per heavy atom. The van der Waals surface area contributed by atoms with Crippen LogP contribution >= 0.6 is 0 Å². The van der Waals surface area contributed by atoms with E-state index in [0.29, 0.717) is 5.95 Å². The van der Waals surface area contributed by atoms with Gasteiger partial charge in [0.25, 0.3) is 0 Å². The normalized spacial score (nSPS) is 15.4. The Balaban J connectivity index is 1.62. The average Bonchev–Trinajstić information content (AvgIpc) is 3.04. The molecular formula is C12H17N5. The van der Waals surface area contributed by atoms with E-state index in [0.717, 1.165) is 30.5 Å². The summed E-state index contributed by atoms with van der Waals surface area (Å²) in [7, 11) is 0. The van der Waals surface area contributed by atoms with E-state index in [4.69, 9.17) is 0 Å². The molecule has 1 aliphatic rings. The molecule has 0 aliphatic heterocycles. The zero-order chi connectivity index (χ0) is 11.7. The van der Waals surface area contributed by atoms with E-state index in [1.165, 1.54) is 12.8 Å². The van der Waals surface area contributed by atoms with Crippen molar-refractivity contribution in [3.8, 4) is 0 Å². The molecule has 0 amide bonds. The highest BCUT2D eigenvalue weighted by Gasteiger charge is 2.19. The van der Waals surface area contributed by atoms with Crippen LogP contribution < -0.4 is 10.6 Å². The zero-order valence-corrected chi connectivity index (χ0v) is 9.98. The lowest BCUT2D eigenvalue weighted by molar-refractivity contribution is 0.699. The van der Waals surface area contributed by atoms with Crippen LogP contribution in [0.25, 0.3) is 5.65 Å². The van der Waals surface area contributed by atoms with Gasteiger partial charge in [-0.2, -0.15) is 4.98 Å². The summed E-state index contributed by atoms with van der Waals surface area (Å²) in [6.07, 6.45) is 2.65. The van der Waals surface area contributed by atoms with Gasteiger partial charge in [-0.1, -0.05) is 6.07 Å². The van der Waals surface area contributed by atoms with E-state index in [2.05, 4.69) is 20.7 Å². The molecule has 5 nitrogen and oxygen atoms in total. The summed E-state index contributed by atoms with van der Waals surface area (Å²) in [5, 5.41) is 11.1. The Labute approximate surface area is 100 Å². The van der Waals surface area contributed by atoms with Crippen LogP contribution in [0.15, 0.2) is 18.2 Å². The molecule has 2 heterocycles. The molecule has 0 spiro atoms. The number of aromatic nitrogens is 3. The first-order valence-corrected chi connectivity index (χ1v) is 6.12. The Bertz CT molecular complexity index is 515. The van der Waals surface area contributed by atoms with Crippen molar-refractivity contribution in [2.24, 2.45) is 0 Å². The Morgan fingerprint density at radius 1 is 1.35 bits per heavy atom. The number of aryl methyl sites for hydroxylation is 1. The SMILES string of the molecule is Cc1cccc2nc(NCCNC3CC3)nn12. The summed E-state index contributed by atoms with van der Waals surface area (Å²) >= 11 is 0. The second-order valence-electron chi connectivity index (χ2n) is 4.53. The minimum atomic E-state index is 0.705. The van der Waals surface area contributed by atoms with E-state index in [-0.39, 0.29) is 0 Å². The summed E-state index contributed by atoms with van der Waals surface area (Å²) in [5.74, 6) is 0.705. The molecule has 3 rings (SSSR count). The molecule has 0 unspecified atom stereocenters. The molecule has 2 aromatic heterocycles. The predicted molar refractivity (Wildman–Crippen MR) is 67.2 cm³/mol.